The van der Waals surface area contributed by atoms with Gasteiger partial charge in [0.25, 0.3) is 5.91 Å². The molecular weight excluding hydrogens is 414 g/mol. The van der Waals surface area contributed by atoms with Crippen LogP contribution in [-0.4, -0.2) is 62.1 Å². The summed E-state index contributed by atoms with van der Waals surface area (Å²) in [6, 6.07) is 6.88. The Morgan fingerprint density at radius 2 is 1.87 bits per heavy atom. The molecule has 1 amide bonds. The Morgan fingerprint density at radius 1 is 1.19 bits per heavy atom. The maximum absolute atomic E-state index is 13.1. The van der Waals surface area contributed by atoms with Crippen LogP contribution in [0.25, 0.3) is 0 Å². The Labute approximate surface area is 185 Å². The quantitative estimate of drug-likeness (QED) is 0.672. The molecule has 1 N–H and O–H groups in total. The first-order valence-corrected chi connectivity index (χ1v) is 12.1. The van der Waals surface area contributed by atoms with Gasteiger partial charge in [0, 0.05) is 51.7 Å². The summed E-state index contributed by atoms with van der Waals surface area (Å²) in [6.45, 7) is 8.96. The van der Waals surface area contributed by atoms with Crippen molar-refractivity contribution in [2.24, 2.45) is 5.92 Å². The van der Waals surface area contributed by atoms with Crippen molar-refractivity contribution in [3.05, 3.63) is 41.2 Å². The van der Waals surface area contributed by atoms with E-state index < -0.39 is 10.0 Å². The molecule has 3 rings (SSSR count). The number of hydrogen-bond acceptors (Lipinski definition) is 5. The number of carbonyl (C=O) groups is 1. The Bertz CT molecular complexity index is 1040. The number of carbonyl (C=O) groups excluding carboxylic acids is 1. The lowest BCUT2D eigenvalue weighted by atomic mass is 10.1. The van der Waals surface area contributed by atoms with E-state index in [-0.39, 0.29) is 16.7 Å². The van der Waals surface area contributed by atoms with Gasteiger partial charge in [-0.3, -0.25) is 9.48 Å². The van der Waals surface area contributed by atoms with Gasteiger partial charge in [0.15, 0.2) is 0 Å². The predicted octanol–water partition coefficient (Wildman–Crippen LogP) is 2.42. The molecule has 1 fully saturated rings. The number of nitrogens with zero attached hydrogens (tertiary/aromatic N) is 4. The first-order chi connectivity index (χ1) is 14.6. The lowest BCUT2D eigenvalue weighted by Crippen LogP contribution is -2.32. The molecular formula is C22H33N5O3S. The molecule has 9 heteroatoms. The van der Waals surface area contributed by atoms with E-state index in [4.69, 9.17) is 0 Å². The van der Waals surface area contributed by atoms with Gasteiger partial charge in [-0.1, -0.05) is 6.92 Å². The molecule has 1 aromatic carbocycles. The Kier molecular flexibility index (Phi) is 7.06. The zero-order valence-electron chi connectivity index (χ0n) is 19.1. The van der Waals surface area contributed by atoms with E-state index in [1.807, 2.05) is 24.6 Å². The normalized spacial score (nSPS) is 15.5. The van der Waals surface area contributed by atoms with Crippen LogP contribution in [0, 0.1) is 19.8 Å². The minimum absolute atomic E-state index is 0.126. The summed E-state index contributed by atoms with van der Waals surface area (Å²) in [5.74, 6) is -0.0798. The van der Waals surface area contributed by atoms with Crippen molar-refractivity contribution in [2.75, 3.05) is 38.6 Å². The molecule has 1 saturated heterocycles. The highest BCUT2D eigenvalue weighted by atomic mass is 32.2. The Balaban J connectivity index is 1.79. The van der Waals surface area contributed by atoms with Gasteiger partial charge in [-0.15, -0.1) is 0 Å². The lowest BCUT2D eigenvalue weighted by molar-refractivity contribution is 0.0947. The highest BCUT2D eigenvalue weighted by Crippen LogP contribution is 2.28. The van der Waals surface area contributed by atoms with Gasteiger partial charge in [0.05, 0.1) is 16.2 Å². The average molecular weight is 448 g/mol. The molecule has 1 aliphatic heterocycles. The molecule has 8 nitrogen and oxygen atoms in total. The Hall–Kier alpha value is -2.39. The number of hydrogen-bond donors (Lipinski definition) is 1. The minimum Gasteiger partial charge on any atom is -0.371 e. The number of benzene rings is 1. The summed E-state index contributed by atoms with van der Waals surface area (Å²) < 4.78 is 28.3. The summed E-state index contributed by atoms with van der Waals surface area (Å²) in [5.41, 5.74) is 3.26. The van der Waals surface area contributed by atoms with Crippen LogP contribution in [0.2, 0.25) is 0 Å². The van der Waals surface area contributed by atoms with Crippen molar-refractivity contribution in [3.8, 4) is 0 Å². The van der Waals surface area contributed by atoms with Crippen LogP contribution in [-0.2, 0) is 16.6 Å². The van der Waals surface area contributed by atoms with Crippen molar-refractivity contribution in [1.29, 1.82) is 0 Å². The standard InChI is InChI=1S/C22H33N5O3S/c1-16(15-27-18(3)12-17(2)24-27)14-23-22(28)20-13-19(31(29,30)25(4)5)8-9-21(20)26-10-6-7-11-26/h8-9,12-13,16H,6-7,10-11,14-15H2,1-5H3,(H,23,28). The van der Waals surface area contributed by atoms with Crippen LogP contribution in [0.3, 0.4) is 0 Å². The molecule has 31 heavy (non-hydrogen) atoms. The molecule has 0 aliphatic carbocycles. The van der Waals surface area contributed by atoms with E-state index in [0.717, 1.165) is 47.3 Å². The maximum atomic E-state index is 13.1. The average Bonchev–Trinajstić information content (AvgIpc) is 3.35. The number of nitrogens with one attached hydrogen (secondary N) is 1. The third-order valence-corrected chi connectivity index (χ3v) is 7.45. The molecule has 1 aliphatic rings. The van der Waals surface area contributed by atoms with Gasteiger partial charge in [0.2, 0.25) is 10.0 Å². The monoisotopic (exact) mass is 447 g/mol. The molecule has 1 unspecified atom stereocenters. The fourth-order valence-corrected chi connectivity index (χ4v) is 4.81. The SMILES string of the molecule is Cc1cc(C)n(CC(C)CNC(=O)c2cc(S(=O)(=O)N(C)C)ccc2N2CCCC2)n1. The second kappa shape index (κ2) is 9.40. The summed E-state index contributed by atoms with van der Waals surface area (Å²) in [5, 5.41) is 7.48. The predicted molar refractivity (Wildman–Crippen MR) is 122 cm³/mol. The van der Waals surface area contributed by atoms with Crippen LogP contribution in [0.15, 0.2) is 29.2 Å². The van der Waals surface area contributed by atoms with E-state index in [9.17, 15) is 13.2 Å². The number of rotatable bonds is 8. The van der Waals surface area contributed by atoms with E-state index >= 15 is 0 Å². The molecule has 2 aromatic rings. The molecule has 0 radical (unpaired) electrons. The first kappa shape index (κ1) is 23.3. The first-order valence-electron chi connectivity index (χ1n) is 10.7. The van der Waals surface area contributed by atoms with Gasteiger partial charge < -0.3 is 10.2 Å². The smallest absolute Gasteiger partial charge is 0.253 e. The fraction of sp³-hybridized carbons (Fsp3) is 0.545. The summed E-state index contributed by atoms with van der Waals surface area (Å²) >= 11 is 0. The van der Waals surface area contributed by atoms with Crippen molar-refractivity contribution in [3.63, 3.8) is 0 Å². The fourth-order valence-electron chi connectivity index (χ4n) is 3.88. The lowest BCUT2D eigenvalue weighted by Gasteiger charge is -2.23. The van der Waals surface area contributed by atoms with Gasteiger partial charge in [0.1, 0.15) is 0 Å². The molecule has 0 spiro atoms. The second-order valence-corrected chi connectivity index (χ2v) is 10.7. The zero-order chi connectivity index (χ0) is 22.8. The van der Waals surface area contributed by atoms with Crippen LogP contribution >= 0.6 is 0 Å². The number of aryl methyl sites for hydroxylation is 2. The minimum atomic E-state index is -3.62. The van der Waals surface area contributed by atoms with Crippen molar-refractivity contribution < 1.29 is 13.2 Å². The Morgan fingerprint density at radius 3 is 2.45 bits per heavy atom. The van der Waals surface area contributed by atoms with E-state index in [0.29, 0.717) is 18.7 Å². The largest absolute Gasteiger partial charge is 0.371 e. The van der Waals surface area contributed by atoms with Gasteiger partial charge in [-0.05, 0) is 56.9 Å². The highest BCUT2D eigenvalue weighted by Gasteiger charge is 2.24. The van der Waals surface area contributed by atoms with Crippen molar-refractivity contribution in [2.45, 2.75) is 45.1 Å². The third kappa shape index (κ3) is 5.27. The molecule has 1 atom stereocenters. The van der Waals surface area contributed by atoms with Gasteiger partial charge in [-0.2, -0.15) is 5.10 Å². The highest BCUT2D eigenvalue weighted by molar-refractivity contribution is 7.89. The summed E-state index contributed by atoms with van der Waals surface area (Å²) in [4.78, 5) is 15.4. The van der Waals surface area contributed by atoms with Gasteiger partial charge in [-0.25, -0.2) is 12.7 Å². The van der Waals surface area contributed by atoms with Crippen molar-refractivity contribution in [1.82, 2.24) is 19.4 Å². The van der Waals surface area contributed by atoms with E-state index in [2.05, 4.69) is 22.2 Å². The summed E-state index contributed by atoms with van der Waals surface area (Å²) in [6.07, 6.45) is 2.14. The van der Waals surface area contributed by atoms with Crippen LogP contribution in [0.1, 0.15) is 41.5 Å². The van der Waals surface area contributed by atoms with Crippen LogP contribution in [0.4, 0.5) is 5.69 Å². The third-order valence-electron chi connectivity index (χ3n) is 5.64. The molecule has 1 aromatic heterocycles. The van der Waals surface area contributed by atoms with Gasteiger partial charge >= 0.3 is 0 Å². The number of amides is 1. The summed E-state index contributed by atoms with van der Waals surface area (Å²) in [7, 11) is -0.644. The number of anilines is 1. The molecule has 2 heterocycles. The van der Waals surface area contributed by atoms with Crippen LogP contribution < -0.4 is 10.2 Å². The zero-order valence-corrected chi connectivity index (χ0v) is 19.9. The van der Waals surface area contributed by atoms with Crippen LogP contribution in [0.5, 0.6) is 0 Å². The topological polar surface area (TPSA) is 87.5 Å². The second-order valence-electron chi connectivity index (χ2n) is 8.58. The molecule has 0 saturated carbocycles. The number of sulfonamides is 1. The van der Waals surface area contributed by atoms with Crippen molar-refractivity contribution >= 4 is 21.6 Å². The molecule has 170 valence electrons. The molecule has 0 bridgehead atoms. The maximum Gasteiger partial charge on any atom is 0.253 e. The van der Waals surface area contributed by atoms with E-state index in [1.54, 1.807) is 12.1 Å². The van der Waals surface area contributed by atoms with E-state index in [1.165, 1.54) is 20.2 Å². The number of aromatic nitrogens is 2.